The molecule has 0 spiro atoms. The molecule has 0 saturated heterocycles. The minimum absolute atomic E-state index is 0.110. The first-order valence-electron chi connectivity index (χ1n) is 6.67. The lowest BCUT2D eigenvalue weighted by Gasteiger charge is -2.11. The Balaban J connectivity index is 2.18. The van der Waals surface area contributed by atoms with Crippen molar-refractivity contribution in [3.05, 3.63) is 39.8 Å². The summed E-state index contributed by atoms with van der Waals surface area (Å²) in [5, 5.41) is 13.0. The molecular formula is C15H18BrN3O2. The van der Waals surface area contributed by atoms with Gasteiger partial charge in [-0.25, -0.2) is 9.97 Å². The maximum atomic E-state index is 9.71. The van der Waals surface area contributed by atoms with Crippen LogP contribution in [0.4, 0.5) is 5.82 Å². The van der Waals surface area contributed by atoms with Crippen molar-refractivity contribution in [1.29, 1.82) is 0 Å². The molecule has 1 aromatic carbocycles. The number of rotatable bonds is 5. The number of phenolic OH excluding ortho intramolecular Hbond substituents is 1. The van der Waals surface area contributed by atoms with E-state index in [9.17, 15) is 5.11 Å². The summed E-state index contributed by atoms with van der Waals surface area (Å²) in [6.07, 6.45) is 0.870. The second kappa shape index (κ2) is 6.76. The first kappa shape index (κ1) is 15.6. The molecule has 1 heterocycles. The van der Waals surface area contributed by atoms with Gasteiger partial charge in [0.15, 0.2) is 11.5 Å². The molecule has 112 valence electrons. The molecule has 0 aliphatic rings. The van der Waals surface area contributed by atoms with E-state index < -0.39 is 0 Å². The second-order valence-electron chi connectivity index (χ2n) is 4.61. The fraction of sp³-hybridized carbons (Fsp3) is 0.333. The van der Waals surface area contributed by atoms with Gasteiger partial charge in [-0.3, -0.25) is 0 Å². The summed E-state index contributed by atoms with van der Waals surface area (Å²) in [4.78, 5) is 8.72. The third-order valence-corrected chi connectivity index (χ3v) is 3.80. The molecule has 0 fully saturated rings. The van der Waals surface area contributed by atoms with Gasteiger partial charge in [0.05, 0.1) is 7.11 Å². The van der Waals surface area contributed by atoms with Crippen LogP contribution in [-0.4, -0.2) is 22.2 Å². The van der Waals surface area contributed by atoms with Crippen LogP contribution in [0.15, 0.2) is 22.7 Å². The number of aromatic hydroxyl groups is 1. The number of methoxy groups -OCH3 is 1. The van der Waals surface area contributed by atoms with Crippen molar-refractivity contribution in [2.75, 3.05) is 12.4 Å². The quantitative estimate of drug-likeness (QED) is 0.863. The van der Waals surface area contributed by atoms with Crippen LogP contribution < -0.4 is 10.1 Å². The standard InChI is InChI=1S/C15H18BrN3O2/c1-4-11-6-15(19-9(2)18-11)17-8-10-5-14(21-3)13(20)7-12(10)16/h5-7,20H,4,8H2,1-3H3,(H,17,18,19). The lowest BCUT2D eigenvalue weighted by Crippen LogP contribution is -2.05. The maximum absolute atomic E-state index is 9.71. The van der Waals surface area contributed by atoms with Gasteiger partial charge in [-0.05, 0) is 31.0 Å². The van der Waals surface area contributed by atoms with E-state index in [0.29, 0.717) is 12.3 Å². The van der Waals surface area contributed by atoms with E-state index in [1.807, 2.05) is 13.0 Å². The Bertz CT molecular complexity index is 647. The van der Waals surface area contributed by atoms with Crippen molar-refractivity contribution < 1.29 is 9.84 Å². The zero-order valence-corrected chi connectivity index (χ0v) is 13.9. The largest absolute Gasteiger partial charge is 0.504 e. The third kappa shape index (κ3) is 3.85. The number of ether oxygens (including phenoxy) is 1. The number of nitrogens with zero attached hydrogens (tertiary/aromatic N) is 2. The predicted molar refractivity (Wildman–Crippen MR) is 85.8 cm³/mol. The molecular weight excluding hydrogens is 334 g/mol. The summed E-state index contributed by atoms with van der Waals surface area (Å²) < 4.78 is 5.94. The van der Waals surface area contributed by atoms with Crippen LogP contribution in [0.3, 0.4) is 0 Å². The Morgan fingerprint density at radius 1 is 1.29 bits per heavy atom. The fourth-order valence-corrected chi connectivity index (χ4v) is 2.44. The summed E-state index contributed by atoms with van der Waals surface area (Å²) in [7, 11) is 1.53. The molecule has 0 aliphatic heterocycles. The molecule has 0 atom stereocenters. The molecule has 2 rings (SSSR count). The normalized spacial score (nSPS) is 10.5. The minimum Gasteiger partial charge on any atom is -0.504 e. The number of hydrogen-bond acceptors (Lipinski definition) is 5. The SMILES string of the molecule is CCc1cc(NCc2cc(OC)c(O)cc2Br)nc(C)n1. The molecule has 0 unspecified atom stereocenters. The molecule has 0 aliphatic carbocycles. The van der Waals surface area contributed by atoms with Crippen LogP contribution in [0, 0.1) is 6.92 Å². The Labute approximate surface area is 132 Å². The zero-order chi connectivity index (χ0) is 15.4. The van der Waals surface area contributed by atoms with Crippen LogP contribution in [0.1, 0.15) is 24.0 Å². The van der Waals surface area contributed by atoms with E-state index in [0.717, 1.165) is 33.8 Å². The number of halogens is 1. The first-order chi connectivity index (χ1) is 10.0. The smallest absolute Gasteiger partial charge is 0.160 e. The van der Waals surface area contributed by atoms with Crippen molar-refractivity contribution in [1.82, 2.24) is 9.97 Å². The third-order valence-electron chi connectivity index (χ3n) is 3.06. The molecule has 6 heteroatoms. The topological polar surface area (TPSA) is 67.3 Å². The molecule has 0 bridgehead atoms. The summed E-state index contributed by atoms with van der Waals surface area (Å²) >= 11 is 3.44. The number of aromatic nitrogens is 2. The van der Waals surface area contributed by atoms with Crippen molar-refractivity contribution >= 4 is 21.7 Å². The Hall–Kier alpha value is -1.82. The van der Waals surface area contributed by atoms with Crippen LogP contribution in [-0.2, 0) is 13.0 Å². The van der Waals surface area contributed by atoms with Crippen LogP contribution in [0.5, 0.6) is 11.5 Å². The zero-order valence-electron chi connectivity index (χ0n) is 12.3. The number of nitrogens with one attached hydrogen (secondary N) is 1. The van der Waals surface area contributed by atoms with Crippen LogP contribution in [0.2, 0.25) is 0 Å². The van der Waals surface area contributed by atoms with Gasteiger partial charge in [-0.15, -0.1) is 0 Å². The highest BCUT2D eigenvalue weighted by Gasteiger charge is 2.08. The fourth-order valence-electron chi connectivity index (χ4n) is 1.97. The maximum Gasteiger partial charge on any atom is 0.160 e. The summed E-state index contributed by atoms with van der Waals surface area (Å²) in [5.41, 5.74) is 1.98. The lowest BCUT2D eigenvalue weighted by molar-refractivity contribution is 0.372. The number of benzene rings is 1. The number of anilines is 1. The van der Waals surface area contributed by atoms with Gasteiger partial charge >= 0.3 is 0 Å². The molecule has 0 radical (unpaired) electrons. The van der Waals surface area contributed by atoms with Gasteiger partial charge in [-0.2, -0.15) is 0 Å². The molecule has 21 heavy (non-hydrogen) atoms. The van der Waals surface area contributed by atoms with E-state index in [2.05, 4.69) is 38.1 Å². The van der Waals surface area contributed by atoms with Crippen molar-refractivity contribution in [2.45, 2.75) is 26.8 Å². The highest BCUT2D eigenvalue weighted by molar-refractivity contribution is 9.10. The molecule has 2 aromatic rings. The summed E-state index contributed by atoms with van der Waals surface area (Å²) in [6.45, 7) is 4.51. The Morgan fingerprint density at radius 2 is 2.05 bits per heavy atom. The Morgan fingerprint density at radius 3 is 2.71 bits per heavy atom. The summed E-state index contributed by atoms with van der Waals surface area (Å²) in [6, 6.07) is 5.36. The monoisotopic (exact) mass is 351 g/mol. The number of aryl methyl sites for hydroxylation is 2. The van der Waals surface area contributed by atoms with E-state index >= 15 is 0 Å². The highest BCUT2D eigenvalue weighted by Crippen LogP contribution is 2.32. The van der Waals surface area contributed by atoms with E-state index in [4.69, 9.17) is 4.74 Å². The molecule has 5 nitrogen and oxygen atoms in total. The molecule has 1 aromatic heterocycles. The second-order valence-corrected chi connectivity index (χ2v) is 5.47. The minimum atomic E-state index is 0.110. The van der Waals surface area contributed by atoms with Gasteiger partial charge in [-0.1, -0.05) is 22.9 Å². The average molecular weight is 352 g/mol. The molecule has 0 amide bonds. The van der Waals surface area contributed by atoms with E-state index in [1.54, 1.807) is 12.1 Å². The predicted octanol–water partition coefficient (Wildman–Crippen LogP) is 3.44. The number of phenols is 1. The molecule has 0 saturated carbocycles. The van der Waals surface area contributed by atoms with E-state index in [1.165, 1.54) is 7.11 Å². The van der Waals surface area contributed by atoms with E-state index in [-0.39, 0.29) is 5.75 Å². The van der Waals surface area contributed by atoms with Crippen LogP contribution >= 0.6 is 15.9 Å². The van der Waals surface area contributed by atoms with Gasteiger partial charge < -0.3 is 15.2 Å². The highest BCUT2D eigenvalue weighted by atomic mass is 79.9. The average Bonchev–Trinajstić information content (AvgIpc) is 2.45. The van der Waals surface area contributed by atoms with Gasteiger partial charge in [0.25, 0.3) is 0 Å². The van der Waals surface area contributed by atoms with Crippen molar-refractivity contribution in [2.24, 2.45) is 0 Å². The van der Waals surface area contributed by atoms with Crippen molar-refractivity contribution in [3.8, 4) is 11.5 Å². The van der Waals surface area contributed by atoms with Crippen molar-refractivity contribution in [3.63, 3.8) is 0 Å². The van der Waals surface area contributed by atoms with Gasteiger partial charge in [0.2, 0.25) is 0 Å². The first-order valence-corrected chi connectivity index (χ1v) is 7.46. The molecule has 2 N–H and O–H groups in total. The summed E-state index contributed by atoms with van der Waals surface area (Å²) in [5.74, 6) is 2.10. The van der Waals surface area contributed by atoms with Gasteiger partial charge in [0, 0.05) is 22.8 Å². The van der Waals surface area contributed by atoms with Gasteiger partial charge in [0.1, 0.15) is 11.6 Å². The Kier molecular flexibility index (Phi) is 5.01. The van der Waals surface area contributed by atoms with Crippen LogP contribution in [0.25, 0.3) is 0 Å². The number of hydrogen-bond donors (Lipinski definition) is 2. The lowest BCUT2D eigenvalue weighted by atomic mass is 10.2.